The van der Waals surface area contributed by atoms with Crippen LogP contribution in [-0.4, -0.2) is 97.9 Å². The van der Waals surface area contributed by atoms with Gasteiger partial charge in [0.1, 0.15) is 0 Å². The Morgan fingerprint density at radius 3 is 2.23 bits per heavy atom. The third kappa shape index (κ3) is 5.64. The van der Waals surface area contributed by atoms with E-state index in [1.54, 1.807) is 0 Å². The lowest BCUT2D eigenvalue weighted by atomic mass is 9.96. The maximum atomic E-state index is 13.4. The highest BCUT2D eigenvalue weighted by atomic mass is 35.5. The van der Waals surface area contributed by atoms with Crippen molar-refractivity contribution in [2.24, 2.45) is 5.92 Å². The number of anilines is 3. The zero-order chi connectivity index (χ0) is 24.2. The van der Waals surface area contributed by atoms with E-state index >= 15 is 0 Å². The number of halogens is 1. The fraction of sp³-hybridized carbons (Fsp3) is 0.577. The minimum absolute atomic E-state index is 0.0186. The summed E-state index contributed by atoms with van der Waals surface area (Å²) in [5.41, 5.74) is 1.13. The van der Waals surface area contributed by atoms with Gasteiger partial charge in [0, 0.05) is 76.2 Å². The minimum atomic E-state index is 0.0186. The van der Waals surface area contributed by atoms with Gasteiger partial charge in [-0.25, -0.2) is 0 Å². The first-order valence-electron chi connectivity index (χ1n) is 13.0. The van der Waals surface area contributed by atoms with E-state index in [4.69, 9.17) is 11.6 Å². The number of carbonyl (C=O) groups is 1. The van der Waals surface area contributed by atoms with Crippen LogP contribution in [0, 0.1) is 5.92 Å². The topological polar surface area (TPSA) is 59.1 Å². The Morgan fingerprint density at radius 2 is 1.57 bits per heavy atom. The van der Waals surface area contributed by atoms with E-state index in [0.717, 1.165) is 107 Å². The normalized spacial score (nSPS) is 21.9. The molecule has 3 aliphatic heterocycles. The van der Waals surface area contributed by atoms with E-state index < -0.39 is 0 Å². The summed E-state index contributed by atoms with van der Waals surface area (Å²) in [5, 5.41) is 9.84. The van der Waals surface area contributed by atoms with Crippen molar-refractivity contribution in [2.75, 3.05) is 86.7 Å². The van der Waals surface area contributed by atoms with Crippen molar-refractivity contribution < 1.29 is 4.79 Å². The molecule has 0 N–H and O–H groups in total. The molecule has 3 saturated heterocycles. The lowest BCUT2D eigenvalue weighted by Gasteiger charge is -2.40. The van der Waals surface area contributed by atoms with Crippen LogP contribution in [-0.2, 0) is 4.79 Å². The molecule has 5 rings (SSSR count). The second-order valence-electron chi connectivity index (χ2n) is 9.75. The molecule has 0 aliphatic carbocycles. The van der Waals surface area contributed by atoms with Gasteiger partial charge in [-0.05, 0) is 49.7 Å². The molecule has 4 heterocycles. The van der Waals surface area contributed by atoms with Crippen LogP contribution in [0.15, 0.2) is 36.4 Å². The van der Waals surface area contributed by atoms with Gasteiger partial charge in [0.2, 0.25) is 5.91 Å². The molecule has 3 aliphatic rings. The number of piperazine rings is 2. The molecule has 9 heteroatoms. The van der Waals surface area contributed by atoms with Gasteiger partial charge in [-0.3, -0.25) is 4.79 Å². The fourth-order valence-corrected chi connectivity index (χ4v) is 5.64. The molecule has 0 saturated carbocycles. The Balaban J connectivity index is 1.15. The third-order valence-electron chi connectivity index (χ3n) is 7.64. The molecule has 2 aromatic rings. The number of rotatable bonds is 5. The standard InChI is InChI=1S/C26H36ClN7O/c1-2-30-11-13-32(14-12-30)24-8-9-25(29-28-24)34-10-4-5-21(20-34)26(35)33-17-15-31(16-18-33)23-7-3-6-22(27)19-23/h3,6-9,19,21H,2,4-5,10-18,20H2,1H3/t21-/m0/s1. The van der Waals surface area contributed by atoms with Gasteiger partial charge < -0.3 is 24.5 Å². The average molecular weight is 498 g/mol. The third-order valence-corrected chi connectivity index (χ3v) is 7.87. The Hall–Kier alpha value is -2.58. The fourth-order valence-electron chi connectivity index (χ4n) is 5.45. The summed E-state index contributed by atoms with van der Waals surface area (Å²) in [6, 6.07) is 12.1. The van der Waals surface area contributed by atoms with E-state index in [9.17, 15) is 4.79 Å². The maximum Gasteiger partial charge on any atom is 0.227 e. The van der Waals surface area contributed by atoms with Gasteiger partial charge >= 0.3 is 0 Å². The van der Waals surface area contributed by atoms with Crippen LogP contribution in [0.3, 0.4) is 0 Å². The van der Waals surface area contributed by atoms with Crippen LogP contribution < -0.4 is 14.7 Å². The molecule has 0 unspecified atom stereocenters. The number of piperidine rings is 1. The lowest BCUT2D eigenvalue weighted by molar-refractivity contribution is -0.136. The highest BCUT2D eigenvalue weighted by Gasteiger charge is 2.32. The molecule has 8 nitrogen and oxygen atoms in total. The number of carbonyl (C=O) groups excluding carboxylic acids is 1. The monoisotopic (exact) mass is 497 g/mol. The molecule has 35 heavy (non-hydrogen) atoms. The van der Waals surface area contributed by atoms with Gasteiger partial charge in [-0.1, -0.05) is 24.6 Å². The van der Waals surface area contributed by atoms with Gasteiger partial charge in [-0.2, -0.15) is 0 Å². The summed E-state index contributed by atoms with van der Waals surface area (Å²) in [4.78, 5) is 24.7. The highest BCUT2D eigenvalue weighted by molar-refractivity contribution is 6.30. The zero-order valence-electron chi connectivity index (χ0n) is 20.7. The Labute approximate surface area is 213 Å². The number of likely N-dealkylation sites (N-methyl/N-ethyl adjacent to an activating group) is 1. The summed E-state index contributed by atoms with van der Waals surface area (Å²) in [6.07, 6.45) is 1.94. The van der Waals surface area contributed by atoms with E-state index in [1.165, 1.54) is 0 Å². The molecule has 1 aromatic carbocycles. The van der Waals surface area contributed by atoms with Gasteiger partial charge in [-0.15, -0.1) is 10.2 Å². The Bertz CT molecular complexity index is 987. The Morgan fingerprint density at radius 1 is 0.886 bits per heavy atom. The first-order chi connectivity index (χ1) is 17.1. The second kappa shape index (κ2) is 11.0. The van der Waals surface area contributed by atoms with Crippen molar-refractivity contribution in [2.45, 2.75) is 19.8 Å². The largest absolute Gasteiger partial charge is 0.368 e. The highest BCUT2D eigenvalue weighted by Crippen LogP contribution is 2.26. The number of benzene rings is 1. The van der Waals surface area contributed by atoms with E-state index in [1.807, 2.05) is 23.1 Å². The van der Waals surface area contributed by atoms with Crippen molar-refractivity contribution in [1.29, 1.82) is 0 Å². The van der Waals surface area contributed by atoms with Crippen LogP contribution in [0.25, 0.3) is 0 Å². The molecule has 1 amide bonds. The molecule has 0 radical (unpaired) electrons. The molecule has 1 aromatic heterocycles. The Kier molecular flexibility index (Phi) is 7.58. The zero-order valence-corrected chi connectivity index (χ0v) is 21.4. The second-order valence-corrected chi connectivity index (χ2v) is 10.2. The molecule has 0 bridgehead atoms. The van der Waals surface area contributed by atoms with E-state index in [2.05, 4.69) is 54.9 Å². The molecule has 3 fully saturated rings. The summed E-state index contributed by atoms with van der Waals surface area (Å²) >= 11 is 6.16. The minimum Gasteiger partial charge on any atom is -0.368 e. The lowest BCUT2D eigenvalue weighted by Crippen LogP contribution is -2.52. The number of hydrogen-bond acceptors (Lipinski definition) is 7. The van der Waals surface area contributed by atoms with Crippen molar-refractivity contribution >= 4 is 34.8 Å². The maximum absolute atomic E-state index is 13.4. The molecule has 1 atom stereocenters. The summed E-state index contributed by atoms with van der Waals surface area (Å²) < 4.78 is 0. The number of nitrogens with zero attached hydrogens (tertiary/aromatic N) is 7. The number of amides is 1. The van der Waals surface area contributed by atoms with E-state index in [0.29, 0.717) is 0 Å². The first kappa shape index (κ1) is 24.1. The van der Waals surface area contributed by atoms with Gasteiger partial charge in [0.15, 0.2) is 11.6 Å². The predicted octanol–water partition coefficient (Wildman–Crippen LogP) is 2.84. The summed E-state index contributed by atoms with van der Waals surface area (Å²) in [6.45, 7) is 12.3. The average Bonchev–Trinajstić information content (AvgIpc) is 2.93. The molecule has 0 spiro atoms. The number of hydrogen-bond donors (Lipinski definition) is 0. The van der Waals surface area contributed by atoms with Crippen LogP contribution >= 0.6 is 11.6 Å². The SMILES string of the molecule is CCN1CCN(c2ccc(N3CCC[C@H](C(=O)N4CCN(c5cccc(Cl)c5)CC4)C3)nn2)CC1. The van der Waals surface area contributed by atoms with Crippen molar-refractivity contribution in [3.63, 3.8) is 0 Å². The molecular weight excluding hydrogens is 462 g/mol. The predicted molar refractivity (Wildman–Crippen MR) is 142 cm³/mol. The summed E-state index contributed by atoms with van der Waals surface area (Å²) in [7, 11) is 0. The number of aromatic nitrogens is 2. The van der Waals surface area contributed by atoms with Crippen LogP contribution in [0.5, 0.6) is 0 Å². The first-order valence-corrected chi connectivity index (χ1v) is 13.3. The van der Waals surface area contributed by atoms with Crippen molar-refractivity contribution in [3.8, 4) is 0 Å². The van der Waals surface area contributed by atoms with Gasteiger partial charge in [0.25, 0.3) is 0 Å². The molecular formula is C26H36ClN7O. The summed E-state index contributed by atoms with van der Waals surface area (Å²) in [5.74, 6) is 2.12. The van der Waals surface area contributed by atoms with Crippen LogP contribution in [0.4, 0.5) is 17.3 Å². The molecule has 188 valence electrons. The quantitative estimate of drug-likeness (QED) is 0.629. The van der Waals surface area contributed by atoms with Crippen LogP contribution in [0.2, 0.25) is 5.02 Å². The van der Waals surface area contributed by atoms with E-state index in [-0.39, 0.29) is 11.8 Å². The van der Waals surface area contributed by atoms with Crippen molar-refractivity contribution in [3.05, 3.63) is 41.4 Å². The van der Waals surface area contributed by atoms with Crippen molar-refractivity contribution in [1.82, 2.24) is 20.0 Å². The van der Waals surface area contributed by atoms with Gasteiger partial charge in [0.05, 0.1) is 5.92 Å². The smallest absolute Gasteiger partial charge is 0.227 e. The van der Waals surface area contributed by atoms with Crippen LogP contribution in [0.1, 0.15) is 19.8 Å².